The minimum atomic E-state index is -0.889. The highest BCUT2D eigenvalue weighted by atomic mass is 32.1. The van der Waals surface area contributed by atoms with Crippen LogP contribution in [0.4, 0.5) is 15.8 Å². The van der Waals surface area contributed by atoms with Crippen molar-refractivity contribution in [2.75, 3.05) is 16.9 Å². The molecule has 2 aliphatic rings. The highest BCUT2D eigenvalue weighted by Crippen LogP contribution is 2.48. The number of alkyl halides is 1. The van der Waals surface area contributed by atoms with E-state index in [1.165, 1.54) is 36.4 Å². The molecular weight excluding hydrogens is 421 g/mol. The number of halogens is 1. The van der Waals surface area contributed by atoms with Crippen LogP contribution in [0.25, 0.3) is 0 Å². The molecule has 158 valence electrons. The highest BCUT2D eigenvalue weighted by molar-refractivity contribution is 7.81. The van der Waals surface area contributed by atoms with Crippen molar-refractivity contribution >= 4 is 40.5 Å². The maximum Gasteiger partial charge on any atom is 0.259 e. The van der Waals surface area contributed by atoms with Gasteiger partial charge in [0.05, 0.1) is 19.0 Å². The summed E-state index contributed by atoms with van der Waals surface area (Å²) < 4.78 is 18.8. The monoisotopic (exact) mass is 439 g/mol. The maximum absolute atomic E-state index is 13.6. The molecular formula is C21H18FN5O3S. The number of pyridine rings is 1. The van der Waals surface area contributed by atoms with E-state index in [2.05, 4.69) is 4.98 Å². The first-order valence-electron chi connectivity index (χ1n) is 9.49. The van der Waals surface area contributed by atoms with Crippen molar-refractivity contribution in [3.63, 3.8) is 0 Å². The summed E-state index contributed by atoms with van der Waals surface area (Å²) in [6.07, 6.45) is 3.38. The van der Waals surface area contributed by atoms with Crippen LogP contribution in [0.1, 0.15) is 40.9 Å². The topological polar surface area (TPSA) is 113 Å². The zero-order valence-corrected chi connectivity index (χ0v) is 17.4. The first kappa shape index (κ1) is 20.7. The number of anilines is 2. The van der Waals surface area contributed by atoms with Gasteiger partial charge in [-0.3, -0.25) is 14.5 Å². The maximum atomic E-state index is 13.6. The number of primary amides is 1. The van der Waals surface area contributed by atoms with Crippen molar-refractivity contribution in [1.29, 1.82) is 5.26 Å². The van der Waals surface area contributed by atoms with E-state index in [9.17, 15) is 19.2 Å². The molecule has 0 bridgehead atoms. The number of benzene rings is 1. The van der Waals surface area contributed by atoms with Gasteiger partial charge in [0, 0.05) is 17.3 Å². The molecule has 1 saturated carbocycles. The van der Waals surface area contributed by atoms with Crippen molar-refractivity contribution in [2.45, 2.75) is 31.5 Å². The lowest BCUT2D eigenvalue weighted by Gasteiger charge is -2.43. The van der Waals surface area contributed by atoms with Crippen molar-refractivity contribution < 1.29 is 18.7 Å². The molecule has 2 fully saturated rings. The molecule has 0 atom stereocenters. The van der Waals surface area contributed by atoms with E-state index in [0.717, 1.165) is 6.42 Å². The second kappa shape index (κ2) is 7.59. The Balaban J connectivity index is 1.81. The third kappa shape index (κ3) is 3.00. The zero-order valence-electron chi connectivity index (χ0n) is 16.6. The summed E-state index contributed by atoms with van der Waals surface area (Å²) in [5, 5.41) is 9.37. The van der Waals surface area contributed by atoms with Crippen LogP contribution < -0.4 is 20.3 Å². The lowest BCUT2D eigenvalue weighted by molar-refractivity contribution is -0.123. The van der Waals surface area contributed by atoms with E-state index in [0.29, 0.717) is 24.2 Å². The summed E-state index contributed by atoms with van der Waals surface area (Å²) in [7, 11) is 1.41. The summed E-state index contributed by atoms with van der Waals surface area (Å²) in [4.78, 5) is 32.2. The Kier molecular flexibility index (Phi) is 5.07. The van der Waals surface area contributed by atoms with Gasteiger partial charge in [0.15, 0.2) is 16.6 Å². The van der Waals surface area contributed by atoms with Crippen LogP contribution in [0.15, 0.2) is 30.5 Å². The van der Waals surface area contributed by atoms with Gasteiger partial charge >= 0.3 is 0 Å². The minimum Gasteiger partial charge on any atom is -0.494 e. The first-order chi connectivity index (χ1) is 14.9. The number of methoxy groups -OCH3 is 1. The van der Waals surface area contributed by atoms with Gasteiger partial charge < -0.3 is 15.4 Å². The van der Waals surface area contributed by atoms with E-state index < -0.39 is 18.1 Å². The molecule has 0 unspecified atom stereocenters. The molecule has 1 aromatic heterocycles. The number of nitriles is 1. The second-order valence-electron chi connectivity index (χ2n) is 7.34. The van der Waals surface area contributed by atoms with Crippen LogP contribution in [0, 0.1) is 11.3 Å². The number of carbonyl (C=O) groups excluding carboxylic acids is 2. The molecule has 4 rings (SSSR count). The first-order valence-corrected chi connectivity index (χ1v) is 9.90. The summed E-state index contributed by atoms with van der Waals surface area (Å²) in [5.74, 6) is -0.727. The third-order valence-electron chi connectivity index (χ3n) is 5.77. The molecule has 1 saturated heterocycles. The number of hydrogen-bond donors (Lipinski definition) is 1. The average molecular weight is 439 g/mol. The van der Waals surface area contributed by atoms with Gasteiger partial charge in [0.2, 0.25) is 5.91 Å². The fraction of sp³-hybridized carbons (Fsp3) is 0.286. The fourth-order valence-electron chi connectivity index (χ4n) is 4.07. The Bertz CT molecular complexity index is 1160. The predicted molar refractivity (Wildman–Crippen MR) is 114 cm³/mol. The summed E-state index contributed by atoms with van der Waals surface area (Å²) in [6.45, 7) is -0.881. The SMILES string of the molecule is COc1cc(N2C(=O)C3(CCC3)N(c3ccc(C(N)=O)c(CF)c3)C2=S)cnc1C#N. The molecule has 31 heavy (non-hydrogen) atoms. The van der Waals surface area contributed by atoms with Crippen molar-refractivity contribution in [3.8, 4) is 11.8 Å². The number of aromatic nitrogens is 1. The quantitative estimate of drug-likeness (QED) is 0.713. The van der Waals surface area contributed by atoms with Gasteiger partial charge in [-0.1, -0.05) is 0 Å². The average Bonchev–Trinajstić information content (AvgIpc) is 2.99. The Morgan fingerprint density at radius 1 is 1.39 bits per heavy atom. The normalized spacial score (nSPS) is 16.9. The molecule has 1 aliphatic heterocycles. The molecule has 1 aliphatic carbocycles. The van der Waals surface area contributed by atoms with Crippen LogP contribution in [0.3, 0.4) is 0 Å². The Morgan fingerprint density at radius 3 is 2.68 bits per heavy atom. The number of nitrogens with zero attached hydrogens (tertiary/aromatic N) is 4. The smallest absolute Gasteiger partial charge is 0.259 e. The Hall–Kier alpha value is -3.58. The van der Waals surface area contributed by atoms with E-state index >= 15 is 0 Å². The number of amides is 2. The molecule has 0 radical (unpaired) electrons. The van der Waals surface area contributed by atoms with Gasteiger partial charge in [-0.05, 0) is 55.2 Å². The highest BCUT2D eigenvalue weighted by Gasteiger charge is 2.59. The Morgan fingerprint density at radius 2 is 2.13 bits per heavy atom. The number of carbonyl (C=O) groups is 2. The van der Waals surface area contributed by atoms with Crippen molar-refractivity contribution in [2.24, 2.45) is 5.73 Å². The zero-order chi connectivity index (χ0) is 22.3. The lowest BCUT2D eigenvalue weighted by Crippen LogP contribution is -2.55. The van der Waals surface area contributed by atoms with E-state index in [1.54, 1.807) is 11.0 Å². The second-order valence-corrected chi connectivity index (χ2v) is 7.70. The summed E-state index contributed by atoms with van der Waals surface area (Å²) >= 11 is 5.67. The molecule has 1 aromatic carbocycles. The van der Waals surface area contributed by atoms with Gasteiger partial charge in [0.1, 0.15) is 18.3 Å². The predicted octanol–water partition coefficient (Wildman–Crippen LogP) is 2.59. The molecule has 8 nitrogen and oxygen atoms in total. The van der Waals surface area contributed by atoms with Crippen molar-refractivity contribution in [1.82, 2.24) is 4.98 Å². The van der Waals surface area contributed by atoms with Crippen LogP contribution in [0.2, 0.25) is 0 Å². The molecule has 2 heterocycles. The summed E-state index contributed by atoms with van der Waals surface area (Å²) in [6, 6.07) is 8.02. The van der Waals surface area contributed by atoms with Gasteiger partial charge in [-0.2, -0.15) is 5.26 Å². The summed E-state index contributed by atoms with van der Waals surface area (Å²) in [5.41, 5.74) is 5.64. The van der Waals surface area contributed by atoms with Crippen LogP contribution in [0.5, 0.6) is 5.75 Å². The molecule has 2 N–H and O–H groups in total. The third-order valence-corrected chi connectivity index (χ3v) is 6.14. The standard InChI is InChI=1S/C21H18FN5O3S/c1-30-17-8-14(11-25-16(17)10-23)26-19(29)21(5-2-6-21)27(20(26)31)13-3-4-15(18(24)28)12(7-13)9-22/h3-4,7-8,11H,2,5-6,9H2,1H3,(H2,24,28). The van der Waals surface area contributed by atoms with Crippen LogP contribution in [-0.4, -0.2) is 34.6 Å². The van der Waals surface area contributed by atoms with Gasteiger partial charge in [0.25, 0.3) is 5.91 Å². The van der Waals surface area contributed by atoms with Crippen molar-refractivity contribution in [3.05, 3.63) is 47.3 Å². The number of rotatable bonds is 5. The molecule has 1 spiro atoms. The Labute approximate surface area is 183 Å². The van der Waals surface area contributed by atoms with E-state index in [4.69, 9.17) is 22.7 Å². The lowest BCUT2D eigenvalue weighted by atomic mass is 9.75. The number of ether oxygens (including phenoxy) is 1. The van der Waals surface area contributed by atoms with Gasteiger partial charge in [-0.25, -0.2) is 9.37 Å². The number of hydrogen-bond acceptors (Lipinski definition) is 6. The van der Waals surface area contributed by atoms with Crippen LogP contribution in [-0.2, 0) is 11.5 Å². The number of thiocarbonyl (C=S) groups is 1. The molecule has 2 aromatic rings. The van der Waals surface area contributed by atoms with E-state index in [1.807, 2.05) is 6.07 Å². The minimum absolute atomic E-state index is 0.0863. The molecule has 10 heteroatoms. The van der Waals surface area contributed by atoms with Gasteiger partial charge in [-0.15, -0.1) is 0 Å². The number of nitrogens with two attached hydrogens (primary N) is 1. The van der Waals surface area contributed by atoms with E-state index in [-0.39, 0.29) is 33.6 Å². The fourth-order valence-corrected chi connectivity index (χ4v) is 4.54. The molecule has 2 amide bonds. The largest absolute Gasteiger partial charge is 0.494 e. The van der Waals surface area contributed by atoms with Crippen LogP contribution >= 0.6 is 12.2 Å².